The van der Waals surface area contributed by atoms with Crippen LogP contribution in [0.15, 0.2) is 12.4 Å². The molecule has 0 radical (unpaired) electrons. The van der Waals surface area contributed by atoms with Gasteiger partial charge in [-0.25, -0.2) is 4.98 Å². The van der Waals surface area contributed by atoms with E-state index in [1.54, 1.807) is 4.90 Å². The number of hydrogen-bond acceptors (Lipinski definition) is 3. The van der Waals surface area contributed by atoms with Gasteiger partial charge in [0.1, 0.15) is 5.82 Å². The number of aromatic nitrogens is 2. The molecule has 1 N–H and O–H groups in total. The van der Waals surface area contributed by atoms with Gasteiger partial charge in [0.2, 0.25) is 5.91 Å². The van der Waals surface area contributed by atoms with E-state index in [1.165, 1.54) is 12.4 Å². The normalized spacial score (nSPS) is 15.6. The molecular weight excluding hydrogens is 242 g/mol. The zero-order chi connectivity index (χ0) is 13.0. The smallest absolute Gasteiger partial charge is 0.319 e. The molecule has 0 aliphatic carbocycles. The molecule has 18 heavy (non-hydrogen) atoms. The molecular formula is C11H16F2N4O. The maximum atomic E-state index is 12.5. The highest BCUT2D eigenvalue weighted by molar-refractivity contribution is 5.78. The second kappa shape index (κ2) is 5.90. The van der Waals surface area contributed by atoms with Gasteiger partial charge in [-0.1, -0.05) is 0 Å². The molecule has 0 atom stereocenters. The van der Waals surface area contributed by atoms with E-state index in [-0.39, 0.29) is 24.8 Å². The molecule has 0 saturated carbocycles. The Balaban J connectivity index is 1.77. The second-order valence-electron chi connectivity index (χ2n) is 4.22. The number of rotatable bonds is 5. The van der Waals surface area contributed by atoms with Gasteiger partial charge in [0.15, 0.2) is 0 Å². The predicted octanol–water partition coefficient (Wildman–Crippen LogP) is 0.990. The molecule has 1 fully saturated rings. The number of nitrogens with zero attached hydrogens (tertiary/aromatic N) is 3. The Labute approximate surface area is 104 Å². The van der Waals surface area contributed by atoms with Gasteiger partial charge in [-0.3, -0.25) is 9.36 Å². The van der Waals surface area contributed by atoms with Crippen LogP contribution in [0.1, 0.15) is 25.2 Å². The first-order valence-electron chi connectivity index (χ1n) is 5.97. The van der Waals surface area contributed by atoms with E-state index in [2.05, 4.69) is 10.3 Å². The molecule has 0 spiro atoms. The number of imidazole rings is 1. The van der Waals surface area contributed by atoms with Gasteiger partial charge in [-0.05, 0) is 12.8 Å². The maximum Gasteiger partial charge on any atom is 0.319 e. The average molecular weight is 258 g/mol. The van der Waals surface area contributed by atoms with Crippen molar-refractivity contribution in [3.05, 3.63) is 18.2 Å². The zero-order valence-electron chi connectivity index (χ0n) is 9.98. The number of carbonyl (C=O) groups excluding carboxylic acids is 1. The fourth-order valence-corrected chi connectivity index (χ4v) is 2.02. The Morgan fingerprint density at radius 2 is 2.17 bits per heavy atom. The van der Waals surface area contributed by atoms with Crippen molar-refractivity contribution in [3.63, 3.8) is 0 Å². The number of likely N-dealkylation sites (tertiary alicyclic amines) is 1. The minimum Gasteiger partial charge on any atom is -0.342 e. The highest BCUT2D eigenvalue weighted by Crippen LogP contribution is 2.12. The van der Waals surface area contributed by atoms with E-state index in [1.807, 2.05) is 0 Å². The Bertz CT molecular complexity index is 402. The second-order valence-corrected chi connectivity index (χ2v) is 4.22. The van der Waals surface area contributed by atoms with Gasteiger partial charge in [0.25, 0.3) is 0 Å². The van der Waals surface area contributed by atoms with E-state index in [4.69, 9.17) is 0 Å². The van der Waals surface area contributed by atoms with Crippen LogP contribution in [0, 0.1) is 0 Å². The molecule has 7 heteroatoms. The molecule has 1 aromatic rings. The van der Waals surface area contributed by atoms with Gasteiger partial charge >= 0.3 is 6.55 Å². The van der Waals surface area contributed by atoms with Gasteiger partial charge in [-0.15, -0.1) is 0 Å². The summed E-state index contributed by atoms with van der Waals surface area (Å²) in [5.41, 5.74) is 0. The molecule has 100 valence electrons. The van der Waals surface area contributed by atoms with Crippen LogP contribution in [-0.2, 0) is 11.3 Å². The molecule has 0 unspecified atom stereocenters. The lowest BCUT2D eigenvalue weighted by Gasteiger charge is -2.15. The van der Waals surface area contributed by atoms with Crippen molar-refractivity contribution >= 4 is 5.91 Å². The van der Waals surface area contributed by atoms with Gasteiger partial charge in [-0.2, -0.15) is 8.78 Å². The summed E-state index contributed by atoms with van der Waals surface area (Å²) in [6.45, 7) is -0.677. The van der Waals surface area contributed by atoms with Crippen molar-refractivity contribution in [2.75, 3.05) is 19.6 Å². The Hall–Kier alpha value is -1.50. The van der Waals surface area contributed by atoms with Crippen LogP contribution in [-0.4, -0.2) is 40.0 Å². The van der Waals surface area contributed by atoms with E-state index in [0.717, 1.165) is 30.5 Å². The zero-order valence-corrected chi connectivity index (χ0v) is 9.98. The van der Waals surface area contributed by atoms with Crippen LogP contribution in [0.25, 0.3) is 0 Å². The third-order valence-electron chi connectivity index (χ3n) is 2.98. The molecule has 0 aromatic carbocycles. The summed E-state index contributed by atoms with van der Waals surface area (Å²) in [4.78, 5) is 17.3. The van der Waals surface area contributed by atoms with E-state index in [9.17, 15) is 13.6 Å². The van der Waals surface area contributed by atoms with Gasteiger partial charge in [0.05, 0.1) is 13.1 Å². The van der Waals surface area contributed by atoms with Gasteiger partial charge in [0, 0.05) is 25.5 Å². The van der Waals surface area contributed by atoms with Crippen molar-refractivity contribution in [3.8, 4) is 0 Å². The minimum atomic E-state index is -2.60. The summed E-state index contributed by atoms with van der Waals surface area (Å²) in [5, 5.41) is 2.85. The number of carbonyl (C=O) groups is 1. The lowest BCUT2D eigenvalue weighted by atomic mass is 10.4. The Kier molecular flexibility index (Phi) is 4.24. The standard InChI is InChI=1S/C11H16F2N4O/c12-11(13)17-6-3-15-9(17)7-14-8-10(18)16-4-1-2-5-16/h3,6,11,14H,1-2,4-5,7-8H2. The fraction of sp³-hybridized carbons (Fsp3) is 0.636. The third-order valence-corrected chi connectivity index (χ3v) is 2.98. The number of nitrogens with one attached hydrogen (secondary N) is 1. The van der Waals surface area contributed by atoms with E-state index < -0.39 is 6.55 Å². The fourth-order valence-electron chi connectivity index (χ4n) is 2.02. The van der Waals surface area contributed by atoms with Crippen LogP contribution >= 0.6 is 0 Å². The summed E-state index contributed by atoms with van der Waals surface area (Å²) in [6.07, 6.45) is 4.64. The number of halogens is 2. The molecule has 2 rings (SSSR count). The first-order chi connectivity index (χ1) is 8.68. The minimum absolute atomic E-state index is 0.0163. The topological polar surface area (TPSA) is 50.2 Å². The lowest BCUT2D eigenvalue weighted by Crippen LogP contribution is -2.36. The maximum absolute atomic E-state index is 12.5. The quantitative estimate of drug-likeness (QED) is 0.857. The van der Waals surface area contributed by atoms with Crippen LogP contribution < -0.4 is 5.32 Å². The summed E-state index contributed by atoms with van der Waals surface area (Å²) >= 11 is 0. The molecule has 1 amide bonds. The predicted molar refractivity (Wildman–Crippen MR) is 61.0 cm³/mol. The summed E-state index contributed by atoms with van der Waals surface area (Å²) in [6, 6.07) is 0. The summed E-state index contributed by atoms with van der Waals surface area (Å²) < 4.78 is 25.8. The van der Waals surface area contributed by atoms with E-state index in [0.29, 0.717) is 0 Å². The molecule has 2 heterocycles. The first-order valence-corrected chi connectivity index (χ1v) is 5.97. The SMILES string of the molecule is O=C(CNCc1nccn1C(F)F)N1CCCC1. The van der Waals surface area contributed by atoms with E-state index >= 15 is 0 Å². The Morgan fingerprint density at radius 1 is 1.44 bits per heavy atom. The van der Waals surface area contributed by atoms with Crippen LogP contribution in [0.2, 0.25) is 0 Å². The molecule has 1 saturated heterocycles. The first kappa shape index (κ1) is 12.9. The van der Waals surface area contributed by atoms with Gasteiger partial charge < -0.3 is 10.2 Å². The molecule has 1 aliphatic heterocycles. The molecule has 1 aliphatic rings. The van der Waals surface area contributed by atoms with Crippen molar-refractivity contribution in [2.24, 2.45) is 0 Å². The largest absolute Gasteiger partial charge is 0.342 e. The molecule has 1 aromatic heterocycles. The third kappa shape index (κ3) is 3.04. The highest BCUT2D eigenvalue weighted by atomic mass is 19.3. The number of hydrogen-bond donors (Lipinski definition) is 1. The Morgan fingerprint density at radius 3 is 2.83 bits per heavy atom. The number of amides is 1. The van der Waals surface area contributed by atoms with Crippen molar-refractivity contribution in [1.82, 2.24) is 19.8 Å². The van der Waals surface area contributed by atoms with Crippen LogP contribution in [0.5, 0.6) is 0 Å². The monoisotopic (exact) mass is 258 g/mol. The average Bonchev–Trinajstić information content (AvgIpc) is 2.99. The molecule has 0 bridgehead atoms. The number of alkyl halides is 2. The van der Waals surface area contributed by atoms with Crippen LogP contribution in [0.3, 0.4) is 0 Å². The lowest BCUT2D eigenvalue weighted by molar-refractivity contribution is -0.129. The summed E-state index contributed by atoms with van der Waals surface area (Å²) in [5.74, 6) is 0.252. The summed E-state index contributed by atoms with van der Waals surface area (Å²) in [7, 11) is 0. The molecule has 5 nitrogen and oxygen atoms in total. The highest BCUT2D eigenvalue weighted by Gasteiger charge is 2.17. The van der Waals surface area contributed by atoms with Crippen molar-refractivity contribution in [1.29, 1.82) is 0 Å². The van der Waals surface area contributed by atoms with Crippen LogP contribution in [0.4, 0.5) is 8.78 Å². The van der Waals surface area contributed by atoms with Crippen molar-refractivity contribution < 1.29 is 13.6 Å². The van der Waals surface area contributed by atoms with Crippen molar-refractivity contribution in [2.45, 2.75) is 25.9 Å².